The van der Waals surface area contributed by atoms with Crippen LogP contribution in [0.2, 0.25) is 0 Å². The molecule has 1 amide bonds. The van der Waals surface area contributed by atoms with Gasteiger partial charge in [0.25, 0.3) is 5.91 Å². The van der Waals surface area contributed by atoms with Crippen molar-refractivity contribution in [2.45, 2.75) is 58.4 Å². The minimum atomic E-state index is -0.392. The summed E-state index contributed by atoms with van der Waals surface area (Å²) in [6, 6.07) is 0. The first-order valence-electron chi connectivity index (χ1n) is 9.66. The number of nitrogens with zero attached hydrogens (tertiary/aromatic N) is 3. The lowest BCUT2D eigenvalue weighted by molar-refractivity contribution is -0.132. The summed E-state index contributed by atoms with van der Waals surface area (Å²) in [7, 11) is 0. The Bertz CT molecular complexity index is 525. The molecule has 2 heterocycles. The number of amides is 1. The van der Waals surface area contributed by atoms with Crippen LogP contribution in [0.15, 0.2) is 4.99 Å². The van der Waals surface area contributed by atoms with Crippen molar-refractivity contribution in [3.8, 4) is 0 Å². The van der Waals surface area contributed by atoms with Gasteiger partial charge in [-0.3, -0.25) is 14.7 Å². The first-order valence-corrected chi connectivity index (χ1v) is 9.66. The van der Waals surface area contributed by atoms with Crippen molar-refractivity contribution in [2.75, 3.05) is 26.2 Å². The Labute approximate surface area is 140 Å². The van der Waals surface area contributed by atoms with E-state index in [0.717, 1.165) is 44.2 Å². The molecule has 4 aliphatic rings. The molecule has 4 rings (SSSR count). The molecule has 0 N–H and O–H groups in total. The van der Waals surface area contributed by atoms with Crippen molar-refractivity contribution in [3.63, 3.8) is 0 Å². The van der Waals surface area contributed by atoms with Gasteiger partial charge in [-0.2, -0.15) is 0 Å². The van der Waals surface area contributed by atoms with Crippen LogP contribution in [0, 0.1) is 23.7 Å². The molecule has 2 aliphatic carbocycles. The van der Waals surface area contributed by atoms with Crippen LogP contribution < -0.4 is 0 Å². The van der Waals surface area contributed by atoms with Gasteiger partial charge in [0.05, 0.1) is 0 Å². The first-order chi connectivity index (χ1) is 11.0. The number of aliphatic imine (C=N–C) groups is 1. The summed E-state index contributed by atoms with van der Waals surface area (Å²) in [5, 5.41) is 0. The first kappa shape index (κ1) is 15.6. The maximum atomic E-state index is 13.3. The quantitative estimate of drug-likeness (QED) is 0.782. The van der Waals surface area contributed by atoms with Gasteiger partial charge in [-0.1, -0.05) is 20.8 Å². The Morgan fingerprint density at radius 3 is 2.70 bits per heavy atom. The van der Waals surface area contributed by atoms with Crippen molar-refractivity contribution < 1.29 is 4.79 Å². The summed E-state index contributed by atoms with van der Waals surface area (Å²) >= 11 is 0. The molecule has 3 fully saturated rings. The van der Waals surface area contributed by atoms with Gasteiger partial charge in [0.2, 0.25) is 0 Å². The number of rotatable bonds is 5. The van der Waals surface area contributed by atoms with Crippen LogP contribution in [-0.4, -0.2) is 53.3 Å². The molecule has 0 radical (unpaired) electrons. The van der Waals surface area contributed by atoms with E-state index in [9.17, 15) is 4.79 Å². The monoisotopic (exact) mass is 317 g/mol. The molecule has 0 aromatic heterocycles. The summed E-state index contributed by atoms with van der Waals surface area (Å²) in [6.07, 6.45) is 5.65. The van der Waals surface area contributed by atoms with E-state index in [0.29, 0.717) is 23.7 Å². The number of amidine groups is 1. The van der Waals surface area contributed by atoms with Crippen molar-refractivity contribution in [3.05, 3.63) is 0 Å². The second kappa shape index (κ2) is 5.58. The largest absolute Gasteiger partial charge is 0.302 e. The lowest BCUT2D eigenvalue weighted by Crippen LogP contribution is -2.47. The molecule has 2 aliphatic heterocycles. The van der Waals surface area contributed by atoms with E-state index < -0.39 is 5.54 Å². The number of carbonyl (C=O) groups is 1. The molecule has 0 bridgehead atoms. The molecule has 0 unspecified atom stereocenters. The third kappa shape index (κ3) is 2.54. The SMILES string of the molecule is CCC1=N[C@@]2(CC[C@@H]3CN(CC(C)C)C[C@@H]32)C(=O)N1CC1CC1. The van der Waals surface area contributed by atoms with Crippen molar-refractivity contribution in [1.82, 2.24) is 9.80 Å². The van der Waals surface area contributed by atoms with Gasteiger partial charge in [-0.05, 0) is 43.4 Å². The fourth-order valence-electron chi connectivity index (χ4n) is 5.16. The molecule has 4 heteroatoms. The van der Waals surface area contributed by atoms with Crippen molar-refractivity contribution in [2.24, 2.45) is 28.7 Å². The molecule has 0 aromatic carbocycles. The maximum absolute atomic E-state index is 13.3. The summed E-state index contributed by atoms with van der Waals surface area (Å²) in [6.45, 7) is 11.1. The molecule has 23 heavy (non-hydrogen) atoms. The van der Waals surface area contributed by atoms with E-state index in [1.807, 2.05) is 0 Å². The van der Waals surface area contributed by atoms with Gasteiger partial charge in [0.15, 0.2) is 0 Å². The molecule has 1 saturated heterocycles. The average molecular weight is 317 g/mol. The molecule has 128 valence electrons. The van der Waals surface area contributed by atoms with Crippen LogP contribution in [0.3, 0.4) is 0 Å². The smallest absolute Gasteiger partial charge is 0.256 e. The summed E-state index contributed by atoms with van der Waals surface area (Å²) < 4.78 is 0. The molecule has 3 atom stereocenters. The van der Waals surface area contributed by atoms with Gasteiger partial charge in [0.1, 0.15) is 11.4 Å². The van der Waals surface area contributed by atoms with Crippen LogP contribution in [0.5, 0.6) is 0 Å². The highest BCUT2D eigenvalue weighted by Gasteiger charge is 2.61. The summed E-state index contributed by atoms with van der Waals surface area (Å²) in [5.41, 5.74) is -0.392. The fraction of sp³-hybridized carbons (Fsp3) is 0.895. The lowest BCUT2D eigenvalue weighted by Gasteiger charge is -2.28. The number of hydrogen-bond acceptors (Lipinski definition) is 3. The number of carbonyl (C=O) groups excluding carboxylic acids is 1. The molecule has 1 spiro atoms. The average Bonchev–Trinajstić information content (AvgIpc) is 3.05. The van der Waals surface area contributed by atoms with E-state index in [2.05, 4.69) is 30.6 Å². The normalized spacial score (nSPS) is 37.3. The molecule has 2 saturated carbocycles. The highest BCUT2D eigenvalue weighted by atomic mass is 16.2. The van der Waals surface area contributed by atoms with E-state index in [1.54, 1.807) is 0 Å². The van der Waals surface area contributed by atoms with E-state index in [1.165, 1.54) is 25.8 Å². The lowest BCUT2D eigenvalue weighted by atomic mass is 9.85. The minimum absolute atomic E-state index is 0.347. The van der Waals surface area contributed by atoms with E-state index in [-0.39, 0.29) is 0 Å². The Morgan fingerprint density at radius 1 is 1.26 bits per heavy atom. The van der Waals surface area contributed by atoms with Gasteiger partial charge in [-0.25, -0.2) is 0 Å². The Balaban J connectivity index is 1.55. The molecular weight excluding hydrogens is 286 g/mol. The third-order valence-electron chi connectivity index (χ3n) is 6.36. The fourth-order valence-corrected chi connectivity index (χ4v) is 5.16. The predicted molar refractivity (Wildman–Crippen MR) is 92.4 cm³/mol. The summed E-state index contributed by atoms with van der Waals surface area (Å²) in [5.74, 6) is 4.00. The van der Waals surface area contributed by atoms with Crippen molar-refractivity contribution >= 4 is 11.7 Å². The van der Waals surface area contributed by atoms with Crippen LogP contribution in [0.1, 0.15) is 52.9 Å². The second-order valence-electron chi connectivity index (χ2n) is 8.68. The zero-order valence-electron chi connectivity index (χ0n) is 14.9. The van der Waals surface area contributed by atoms with Gasteiger partial charge < -0.3 is 4.90 Å². The second-order valence-corrected chi connectivity index (χ2v) is 8.68. The van der Waals surface area contributed by atoms with Gasteiger partial charge >= 0.3 is 0 Å². The maximum Gasteiger partial charge on any atom is 0.256 e. The van der Waals surface area contributed by atoms with E-state index in [4.69, 9.17) is 4.99 Å². The van der Waals surface area contributed by atoms with Crippen LogP contribution in [-0.2, 0) is 4.79 Å². The zero-order chi connectivity index (χ0) is 16.2. The van der Waals surface area contributed by atoms with Crippen LogP contribution >= 0.6 is 0 Å². The highest BCUT2D eigenvalue weighted by Crippen LogP contribution is 2.51. The topological polar surface area (TPSA) is 35.9 Å². The van der Waals surface area contributed by atoms with Crippen LogP contribution in [0.4, 0.5) is 0 Å². The standard InChI is InChI=1S/C19H31N3O/c1-4-17-20-19(18(23)22(17)10-14-5-6-14)8-7-15-11-21(9-13(2)3)12-16(15)19/h13-16H,4-12H2,1-3H3/t15-,16+,19-/m1/s1. The third-order valence-corrected chi connectivity index (χ3v) is 6.36. The zero-order valence-corrected chi connectivity index (χ0v) is 14.9. The van der Waals surface area contributed by atoms with Crippen LogP contribution in [0.25, 0.3) is 0 Å². The Kier molecular flexibility index (Phi) is 3.79. The van der Waals surface area contributed by atoms with Gasteiger partial charge in [-0.15, -0.1) is 0 Å². The number of hydrogen-bond donors (Lipinski definition) is 0. The summed E-state index contributed by atoms with van der Waals surface area (Å²) in [4.78, 5) is 23.1. The van der Waals surface area contributed by atoms with E-state index >= 15 is 0 Å². The molecule has 4 nitrogen and oxygen atoms in total. The number of fused-ring (bicyclic) bond motifs is 2. The number of likely N-dealkylation sites (tertiary alicyclic amines) is 1. The predicted octanol–water partition coefficient (Wildman–Crippen LogP) is 2.78. The van der Waals surface area contributed by atoms with Gasteiger partial charge in [0, 0.05) is 38.5 Å². The molecular formula is C19H31N3O. The highest BCUT2D eigenvalue weighted by molar-refractivity contribution is 6.08. The Hall–Kier alpha value is -0.900. The minimum Gasteiger partial charge on any atom is -0.302 e. The molecule has 0 aromatic rings. The Morgan fingerprint density at radius 2 is 2.04 bits per heavy atom. The van der Waals surface area contributed by atoms with Crippen molar-refractivity contribution in [1.29, 1.82) is 0 Å².